The number of thiophene rings is 1. The Morgan fingerprint density at radius 3 is 2.63 bits per heavy atom. The van der Waals surface area contributed by atoms with Crippen molar-refractivity contribution in [1.29, 1.82) is 0 Å². The topological polar surface area (TPSA) is 79.0 Å². The zero-order chi connectivity index (χ0) is 21.4. The lowest BCUT2D eigenvalue weighted by atomic mass is 10.2. The lowest BCUT2D eigenvalue weighted by Crippen LogP contribution is -2.37. The molecule has 1 aromatic carbocycles. The van der Waals surface area contributed by atoms with Gasteiger partial charge in [-0.3, -0.25) is 9.59 Å². The maximum atomic E-state index is 13.4. The molecule has 0 aliphatic rings. The van der Waals surface area contributed by atoms with Gasteiger partial charge in [0.05, 0.1) is 32.4 Å². The number of para-hydroxylation sites is 1. The number of aryl methyl sites for hydroxylation is 1. The number of thiazole rings is 1. The molecule has 3 heterocycles. The van der Waals surface area contributed by atoms with Crippen molar-refractivity contribution in [2.75, 3.05) is 0 Å². The molecule has 0 spiro atoms. The van der Waals surface area contributed by atoms with Crippen molar-refractivity contribution in [3.05, 3.63) is 67.5 Å². The highest BCUT2D eigenvalue weighted by Gasteiger charge is 2.25. The van der Waals surface area contributed by atoms with Gasteiger partial charge in [-0.15, -0.1) is 22.7 Å². The first-order chi connectivity index (χ1) is 14.3. The van der Waals surface area contributed by atoms with Crippen LogP contribution in [-0.2, 0) is 6.54 Å². The summed E-state index contributed by atoms with van der Waals surface area (Å²) in [4.78, 5) is 40.9. The predicted molar refractivity (Wildman–Crippen MR) is 123 cm³/mol. The molecule has 30 heavy (non-hydrogen) atoms. The number of nitrogens with zero attached hydrogens (tertiary/aromatic N) is 3. The Kier molecular flexibility index (Phi) is 5.73. The van der Waals surface area contributed by atoms with E-state index in [0.29, 0.717) is 31.6 Å². The first-order valence-electron chi connectivity index (χ1n) is 9.35. The molecule has 9 heteroatoms. The molecule has 3 aromatic heterocycles. The number of halogens is 1. The Bertz CT molecular complexity index is 1290. The van der Waals surface area contributed by atoms with E-state index in [1.165, 1.54) is 22.7 Å². The fourth-order valence-electron chi connectivity index (χ4n) is 3.12. The van der Waals surface area contributed by atoms with E-state index < -0.39 is 0 Å². The van der Waals surface area contributed by atoms with Crippen LogP contribution < -0.4 is 5.56 Å². The van der Waals surface area contributed by atoms with Crippen molar-refractivity contribution in [3.8, 4) is 9.88 Å². The number of hydrogen-bond donors (Lipinski definition) is 1. The monoisotopic (exact) mass is 458 g/mol. The molecule has 154 valence electrons. The van der Waals surface area contributed by atoms with Crippen LogP contribution in [0.25, 0.3) is 20.8 Å². The SMILES string of the molecule is Cc1nc(-c2ccc(Cl)s2)sc1C(=O)N(Cc1nc2ccccc2c(=O)[nH]1)C(C)C. The number of hydrogen-bond acceptors (Lipinski definition) is 6. The van der Waals surface area contributed by atoms with Gasteiger partial charge in [-0.25, -0.2) is 9.97 Å². The third kappa shape index (κ3) is 4.03. The van der Waals surface area contributed by atoms with Crippen LogP contribution >= 0.6 is 34.3 Å². The molecule has 0 saturated heterocycles. The van der Waals surface area contributed by atoms with Crippen molar-refractivity contribution < 1.29 is 4.79 Å². The second-order valence-electron chi connectivity index (χ2n) is 7.09. The van der Waals surface area contributed by atoms with E-state index in [1.807, 2.05) is 39.0 Å². The number of H-pyrrole nitrogens is 1. The Morgan fingerprint density at radius 2 is 1.93 bits per heavy atom. The number of aromatic nitrogens is 3. The highest BCUT2D eigenvalue weighted by atomic mass is 35.5. The maximum Gasteiger partial charge on any atom is 0.266 e. The Balaban J connectivity index is 1.66. The number of amides is 1. The molecule has 0 radical (unpaired) electrons. The van der Waals surface area contributed by atoms with Gasteiger partial charge in [0.15, 0.2) is 0 Å². The van der Waals surface area contributed by atoms with Crippen LogP contribution in [-0.4, -0.2) is 31.8 Å². The second kappa shape index (κ2) is 8.29. The molecule has 0 fully saturated rings. The van der Waals surface area contributed by atoms with Crippen LogP contribution in [0.3, 0.4) is 0 Å². The van der Waals surface area contributed by atoms with E-state index in [-0.39, 0.29) is 24.1 Å². The largest absolute Gasteiger partial charge is 0.328 e. The average molecular weight is 459 g/mol. The lowest BCUT2D eigenvalue weighted by molar-refractivity contribution is 0.0689. The highest BCUT2D eigenvalue weighted by molar-refractivity contribution is 7.24. The van der Waals surface area contributed by atoms with Gasteiger partial charge in [-0.1, -0.05) is 23.7 Å². The molecule has 0 saturated carbocycles. The summed E-state index contributed by atoms with van der Waals surface area (Å²) in [5.74, 6) is 0.317. The molecule has 0 aliphatic carbocycles. The van der Waals surface area contributed by atoms with Gasteiger partial charge < -0.3 is 9.88 Å². The fourth-order valence-corrected chi connectivity index (χ4v) is 5.24. The number of rotatable bonds is 5. The molecule has 4 aromatic rings. The number of aromatic amines is 1. The summed E-state index contributed by atoms with van der Waals surface area (Å²) < 4.78 is 0.681. The zero-order valence-corrected chi connectivity index (χ0v) is 19.0. The van der Waals surface area contributed by atoms with E-state index >= 15 is 0 Å². The first-order valence-corrected chi connectivity index (χ1v) is 11.4. The standard InChI is InChI=1S/C21H19ClN4O2S2/c1-11(2)26(10-17-24-14-7-5-4-6-13(14)19(27)25-17)21(28)18-12(3)23-20(30-18)15-8-9-16(22)29-15/h4-9,11H,10H2,1-3H3,(H,24,25,27). The zero-order valence-electron chi connectivity index (χ0n) is 16.6. The van der Waals surface area contributed by atoms with Crippen LogP contribution in [0.1, 0.15) is 35.0 Å². The summed E-state index contributed by atoms with van der Waals surface area (Å²) in [5, 5.41) is 1.30. The molecular formula is C21H19ClN4O2S2. The van der Waals surface area contributed by atoms with Gasteiger partial charge in [0, 0.05) is 6.04 Å². The quantitative estimate of drug-likeness (QED) is 0.450. The first kappa shape index (κ1) is 20.7. The molecule has 6 nitrogen and oxygen atoms in total. The summed E-state index contributed by atoms with van der Waals surface area (Å²) in [6.45, 7) is 5.91. The van der Waals surface area contributed by atoms with E-state index in [4.69, 9.17) is 11.6 Å². The molecule has 1 amide bonds. The molecule has 0 unspecified atom stereocenters. The molecule has 0 atom stereocenters. The summed E-state index contributed by atoms with van der Waals surface area (Å²) in [6.07, 6.45) is 0. The fraction of sp³-hybridized carbons (Fsp3) is 0.238. The minimum Gasteiger partial charge on any atom is -0.328 e. The van der Waals surface area contributed by atoms with Crippen molar-refractivity contribution in [2.24, 2.45) is 0 Å². The minimum absolute atomic E-state index is 0.0876. The van der Waals surface area contributed by atoms with Crippen LogP contribution in [0.2, 0.25) is 4.34 Å². The molecule has 4 rings (SSSR count). The van der Waals surface area contributed by atoms with Crippen LogP contribution in [0.5, 0.6) is 0 Å². The number of carbonyl (C=O) groups is 1. The Morgan fingerprint density at radius 1 is 1.17 bits per heavy atom. The number of carbonyl (C=O) groups excluding carboxylic acids is 1. The van der Waals surface area contributed by atoms with Gasteiger partial charge in [-0.05, 0) is 45.0 Å². The third-order valence-corrected chi connectivity index (χ3v) is 7.19. The van der Waals surface area contributed by atoms with Crippen molar-refractivity contribution in [1.82, 2.24) is 19.9 Å². The van der Waals surface area contributed by atoms with Crippen LogP contribution in [0, 0.1) is 6.92 Å². The van der Waals surface area contributed by atoms with E-state index in [9.17, 15) is 9.59 Å². The maximum absolute atomic E-state index is 13.4. The molecule has 0 bridgehead atoms. The van der Waals surface area contributed by atoms with Crippen molar-refractivity contribution in [3.63, 3.8) is 0 Å². The van der Waals surface area contributed by atoms with Crippen LogP contribution in [0.15, 0.2) is 41.2 Å². The van der Waals surface area contributed by atoms with Gasteiger partial charge in [0.25, 0.3) is 11.5 Å². The average Bonchev–Trinajstić information content (AvgIpc) is 3.31. The Labute approximate surface area is 186 Å². The van der Waals surface area contributed by atoms with Crippen molar-refractivity contribution in [2.45, 2.75) is 33.4 Å². The third-order valence-electron chi connectivity index (χ3n) is 4.64. The highest BCUT2D eigenvalue weighted by Crippen LogP contribution is 2.35. The Hall–Kier alpha value is -2.55. The van der Waals surface area contributed by atoms with Gasteiger partial charge in [-0.2, -0.15) is 0 Å². The minimum atomic E-state index is -0.211. The molecule has 1 N–H and O–H groups in total. The van der Waals surface area contributed by atoms with Crippen LogP contribution in [0.4, 0.5) is 0 Å². The number of benzene rings is 1. The lowest BCUT2D eigenvalue weighted by Gasteiger charge is -2.26. The molecule has 0 aliphatic heterocycles. The summed E-state index contributed by atoms with van der Waals surface area (Å²) in [5.41, 5.74) is 1.07. The summed E-state index contributed by atoms with van der Waals surface area (Å²) >= 11 is 8.83. The normalized spacial score (nSPS) is 11.4. The smallest absolute Gasteiger partial charge is 0.266 e. The van der Waals surface area contributed by atoms with Gasteiger partial charge >= 0.3 is 0 Å². The molecular weight excluding hydrogens is 440 g/mol. The second-order valence-corrected chi connectivity index (χ2v) is 9.81. The predicted octanol–water partition coefficient (Wildman–Crippen LogP) is 5.12. The summed E-state index contributed by atoms with van der Waals surface area (Å²) in [6, 6.07) is 10.8. The van der Waals surface area contributed by atoms with Crippen molar-refractivity contribution >= 4 is 51.1 Å². The van der Waals surface area contributed by atoms with Gasteiger partial charge in [0.2, 0.25) is 0 Å². The van der Waals surface area contributed by atoms with Gasteiger partial charge in [0.1, 0.15) is 15.7 Å². The number of nitrogens with one attached hydrogen (secondary N) is 1. The number of fused-ring (bicyclic) bond motifs is 1. The van der Waals surface area contributed by atoms with E-state index in [1.54, 1.807) is 23.1 Å². The van der Waals surface area contributed by atoms with E-state index in [0.717, 1.165) is 9.88 Å². The summed E-state index contributed by atoms with van der Waals surface area (Å²) in [7, 11) is 0. The van der Waals surface area contributed by atoms with E-state index in [2.05, 4.69) is 15.0 Å².